The smallest absolute Gasteiger partial charge is 0.410 e. The molecule has 0 aliphatic carbocycles. The summed E-state index contributed by atoms with van der Waals surface area (Å²) in [4.78, 5) is 45.6. The second kappa shape index (κ2) is 19.1. The van der Waals surface area contributed by atoms with Gasteiger partial charge in [-0.05, 0) is 86.5 Å². The molecule has 1 amide bonds. The summed E-state index contributed by atoms with van der Waals surface area (Å²) in [7, 11) is 5.07. The highest BCUT2D eigenvalue weighted by Gasteiger charge is 2.59. The molecule has 2 aromatic heterocycles. The van der Waals surface area contributed by atoms with Gasteiger partial charge in [0.25, 0.3) is 0 Å². The van der Waals surface area contributed by atoms with Crippen molar-refractivity contribution in [1.82, 2.24) is 45.1 Å². The first kappa shape index (κ1) is 46.4. The number of aliphatic hydroxyl groups is 2. The topological polar surface area (TPSA) is 218 Å². The summed E-state index contributed by atoms with van der Waals surface area (Å²) in [5.74, 6) is -3.35. The maximum Gasteiger partial charge on any atom is 0.410 e. The van der Waals surface area contributed by atoms with Gasteiger partial charge < -0.3 is 44.1 Å². The van der Waals surface area contributed by atoms with Gasteiger partial charge in [-0.3, -0.25) is 19.2 Å². The molecular formula is C42H65N9O10. The van der Waals surface area contributed by atoms with Crippen LogP contribution in [-0.2, 0) is 46.4 Å². The van der Waals surface area contributed by atoms with Crippen LogP contribution in [0.25, 0.3) is 11.0 Å². The Labute approximate surface area is 357 Å². The summed E-state index contributed by atoms with van der Waals surface area (Å²) < 4.78 is 34.7. The number of nitrogens with zero attached hydrogens (tertiary/aromatic N) is 8. The minimum absolute atomic E-state index is 0.274. The maximum absolute atomic E-state index is 14.3. The van der Waals surface area contributed by atoms with E-state index in [1.54, 1.807) is 47.1 Å². The van der Waals surface area contributed by atoms with Crippen molar-refractivity contribution >= 4 is 28.9 Å². The Kier molecular flexibility index (Phi) is 14.5. The normalized spacial score (nSPS) is 35.4. The number of Topliss-reactive ketones (excluding diaryl/α,β-unsaturated/α-hetero) is 1. The number of aliphatic hydroxyl groups excluding tert-OH is 2. The molecule has 5 heterocycles. The Morgan fingerprint density at radius 3 is 2.43 bits per heavy atom. The highest BCUT2D eigenvalue weighted by molar-refractivity contribution is 6.00. The summed E-state index contributed by atoms with van der Waals surface area (Å²) in [5, 5.41) is 42.2. The van der Waals surface area contributed by atoms with E-state index in [9.17, 15) is 24.6 Å². The van der Waals surface area contributed by atoms with E-state index in [4.69, 9.17) is 23.7 Å². The monoisotopic (exact) mass is 855 g/mol. The number of esters is 1. The Bertz CT molecular complexity index is 1980. The van der Waals surface area contributed by atoms with Gasteiger partial charge in [0.15, 0.2) is 17.7 Å². The van der Waals surface area contributed by atoms with E-state index in [0.717, 1.165) is 16.7 Å². The first-order valence-electron chi connectivity index (χ1n) is 21.4. The number of aromatic nitrogens is 6. The minimum atomic E-state index is -1.27. The molecule has 1 aromatic carbocycles. The molecule has 3 N–H and O–H groups in total. The fraction of sp³-hybridized carbons (Fsp3) is 0.738. The van der Waals surface area contributed by atoms with Crippen molar-refractivity contribution < 1.29 is 48.3 Å². The number of cyclic esters (lactones) is 1. The molecule has 0 bridgehead atoms. The number of hydrogen-bond acceptors (Lipinski definition) is 16. The van der Waals surface area contributed by atoms with Crippen LogP contribution in [0, 0.1) is 11.8 Å². The number of para-hydroxylation sites is 1. The lowest BCUT2D eigenvalue weighted by molar-refractivity contribution is -0.245. The molecule has 3 aliphatic heterocycles. The second-order valence-electron chi connectivity index (χ2n) is 17.7. The van der Waals surface area contributed by atoms with Gasteiger partial charge in [0.2, 0.25) is 0 Å². The van der Waals surface area contributed by atoms with Crippen molar-refractivity contribution in [2.24, 2.45) is 11.8 Å². The third kappa shape index (κ3) is 9.47. The van der Waals surface area contributed by atoms with Crippen molar-refractivity contribution in [2.45, 2.75) is 153 Å². The number of likely N-dealkylation sites (N-methyl/N-ethyl adjacent to an activating group) is 1. The molecule has 3 aromatic rings. The molecule has 6 rings (SSSR count). The molecule has 0 saturated carbocycles. The standard InChI is InChI=1S/C42H65N9O10/c1-11-32-42(7)36(50(40(56)61-42)19-15-14-18-49-21-28(44-46-49)22-51-30-17-13-12-16-29(30)45-47-51)27(5)43-24(2)20-41(6,57-10)37(25(3)34(53)26(4)38(55)59-32)60-39-35(54)33(48(8)9)31(23-52)58-39/h12-13,16-17,21,24-27,31-33,35-37,39,43,52,54H,11,14-15,18-20,22-23H2,1-10H3/t24-,25+,26-,27+,31-,32+,33-,35-,36-,37-,39+,41+,42-/m1/s1. The SMILES string of the molecule is CC[C@@H]1OC(=O)[C@H](C)C(=O)[C@H](C)[C@@H](O[C@@H]2O[C@H](CO)[C@@H](N(C)C)[C@H]2O)[C@@](C)(OC)C[C@@H](C)N[C@@H](C)[C@H]2N(CCCCn3cc(Cn4nnc5ccccc54)nn3)C(=O)O[C@]12C. The first-order valence-corrected chi connectivity index (χ1v) is 21.4. The van der Waals surface area contributed by atoms with Crippen LogP contribution in [0.4, 0.5) is 4.79 Å². The lowest BCUT2D eigenvalue weighted by atomic mass is 9.79. The van der Waals surface area contributed by atoms with Crippen molar-refractivity contribution in [1.29, 1.82) is 0 Å². The van der Waals surface area contributed by atoms with Gasteiger partial charge >= 0.3 is 12.1 Å². The van der Waals surface area contributed by atoms with Crippen molar-refractivity contribution in [3.8, 4) is 0 Å². The molecule has 0 radical (unpaired) electrons. The van der Waals surface area contributed by atoms with Crippen molar-refractivity contribution in [2.75, 3.05) is 34.4 Å². The van der Waals surface area contributed by atoms with Gasteiger partial charge in [-0.25, -0.2) is 9.48 Å². The van der Waals surface area contributed by atoms with E-state index in [1.807, 2.05) is 58.2 Å². The Hall–Kier alpha value is -4.11. The number of nitrogens with one attached hydrogen (secondary N) is 1. The predicted molar refractivity (Wildman–Crippen MR) is 221 cm³/mol. The maximum atomic E-state index is 14.3. The molecule has 3 aliphatic rings. The molecule has 13 atom stereocenters. The zero-order valence-electron chi connectivity index (χ0n) is 37.1. The molecule has 19 nitrogen and oxygen atoms in total. The van der Waals surface area contributed by atoms with Crippen LogP contribution in [0.1, 0.15) is 79.8 Å². The molecule has 61 heavy (non-hydrogen) atoms. The van der Waals surface area contributed by atoms with Crippen LogP contribution in [0.5, 0.6) is 0 Å². The Morgan fingerprint density at radius 1 is 1.03 bits per heavy atom. The van der Waals surface area contributed by atoms with E-state index in [-0.39, 0.29) is 18.7 Å². The van der Waals surface area contributed by atoms with E-state index in [1.165, 1.54) is 14.0 Å². The van der Waals surface area contributed by atoms with Crippen molar-refractivity contribution in [3.63, 3.8) is 0 Å². The fourth-order valence-corrected chi connectivity index (χ4v) is 9.83. The zero-order valence-corrected chi connectivity index (χ0v) is 37.1. The quantitative estimate of drug-likeness (QED) is 0.128. The van der Waals surface area contributed by atoms with Crippen molar-refractivity contribution in [3.05, 3.63) is 36.2 Å². The average Bonchev–Trinajstić information content (AvgIpc) is 3.99. The molecule has 3 fully saturated rings. The van der Waals surface area contributed by atoms with Gasteiger partial charge in [-0.1, -0.05) is 36.4 Å². The van der Waals surface area contributed by atoms with E-state index < -0.39 is 83.7 Å². The number of rotatable bonds is 13. The minimum Gasteiger partial charge on any atom is -0.458 e. The zero-order chi connectivity index (χ0) is 44.4. The lowest BCUT2D eigenvalue weighted by Crippen LogP contribution is -2.62. The van der Waals surface area contributed by atoms with Gasteiger partial charge in [-0.15, -0.1) is 10.2 Å². The average molecular weight is 856 g/mol. The number of carbonyl (C=O) groups is 3. The fourth-order valence-electron chi connectivity index (χ4n) is 9.83. The number of ether oxygens (including phenoxy) is 5. The van der Waals surface area contributed by atoms with Gasteiger partial charge in [0, 0.05) is 38.2 Å². The number of unbranched alkanes of at least 4 members (excludes halogenated alkanes) is 1. The highest BCUT2D eigenvalue weighted by atomic mass is 16.7. The summed E-state index contributed by atoms with van der Waals surface area (Å²) >= 11 is 0. The molecule has 19 heteroatoms. The van der Waals surface area contributed by atoms with Crippen LogP contribution >= 0.6 is 0 Å². The first-order chi connectivity index (χ1) is 29.0. The lowest BCUT2D eigenvalue weighted by Gasteiger charge is -2.45. The Balaban J connectivity index is 1.20. The van der Waals surface area contributed by atoms with Gasteiger partial charge in [0.1, 0.15) is 35.4 Å². The second-order valence-corrected chi connectivity index (χ2v) is 17.7. The Morgan fingerprint density at radius 2 is 1.75 bits per heavy atom. The van der Waals surface area contributed by atoms with Crippen LogP contribution in [0.3, 0.4) is 0 Å². The number of hydrogen-bond donors (Lipinski definition) is 3. The third-order valence-corrected chi connectivity index (χ3v) is 12.9. The molecule has 338 valence electrons. The van der Waals surface area contributed by atoms with Gasteiger partial charge in [0.05, 0.1) is 48.7 Å². The van der Waals surface area contributed by atoms with Crippen LogP contribution < -0.4 is 5.32 Å². The summed E-state index contributed by atoms with van der Waals surface area (Å²) in [5.41, 5.74) is 0.0306. The van der Waals surface area contributed by atoms with E-state index >= 15 is 0 Å². The molecular weight excluding hydrogens is 791 g/mol. The predicted octanol–water partition coefficient (Wildman–Crippen LogP) is 2.16. The van der Waals surface area contributed by atoms with Crippen LogP contribution in [0.15, 0.2) is 30.5 Å². The number of ketones is 1. The third-order valence-electron chi connectivity index (χ3n) is 12.9. The summed E-state index contributed by atoms with van der Waals surface area (Å²) in [6, 6.07) is 5.92. The molecule has 0 spiro atoms. The van der Waals surface area contributed by atoms with E-state index in [0.29, 0.717) is 45.3 Å². The van der Waals surface area contributed by atoms with Crippen LogP contribution in [-0.4, -0.2) is 168 Å². The number of aryl methyl sites for hydroxylation is 1. The van der Waals surface area contributed by atoms with Gasteiger partial charge in [-0.2, -0.15) is 0 Å². The molecule has 0 unspecified atom stereocenters. The largest absolute Gasteiger partial charge is 0.458 e. The number of carbonyl (C=O) groups excluding carboxylic acids is 3. The van der Waals surface area contributed by atoms with E-state index in [2.05, 4.69) is 25.9 Å². The summed E-state index contributed by atoms with van der Waals surface area (Å²) in [6.45, 7) is 13.6. The number of fused-ring (bicyclic) bond motifs is 2. The number of amides is 1. The van der Waals surface area contributed by atoms with Crippen LogP contribution in [0.2, 0.25) is 0 Å². The number of benzene rings is 1. The summed E-state index contributed by atoms with van der Waals surface area (Å²) in [6.07, 6.45) is -1.67. The number of methoxy groups -OCH3 is 1. The highest BCUT2D eigenvalue weighted by Crippen LogP contribution is 2.40. The molecule has 3 saturated heterocycles.